The van der Waals surface area contributed by atoms with Gasteiger partial charge in [-0.05, 0) is 176 Å². The molecule has 1 aliphatic carbocycles. The molecule has 8 aromatic carbocycles. The molecule has 1 aliphatic rings. The third kappa shape index (κ3) is 10.0. The van der Waals surface area contributed by atoms with E-state index in [0.717, 1.165) is 51.9 Å². The Balaban J connectivity index is 0.859. The van der Waals surface area contributed by atoms with E-state index >= 15 is 0 Å². The molecule has 0 amide bonds. The fourth-order valence-electron chi connectivity index (χ4n) is 8.73. The van der Waals surface area contributed by atoms with Gasteiger partial charge in [-0.2, -0.15) is 0 Å². The topological polar surface area (TPSA) is 18.5 Å². The first-order valence-corrected chi connectivity index (χ1v) is 22.7. The summed E-state index contributed by atoms with van der Waals surface area (Å²) >= 11 is 0. The predicted octanol–water partition coefficient (Wildman–Crippen LogP) is 16.6. The molecule has 0 fully saturated rings. The molecule has 3 heteroatoms. The van der Waals surface area contributed by atoms with Gasteiger partial charge in [0.1, 0.15) is 0 Å². The number of nitrogens with zero attached hydrogens (tertiary/aromatic N) is 2. The third-order valence-corrected chi connectivity index (χ3v) is 12.4. The molecule has 0 spiro atoms. The molecule has 0 aliphatic heterocycles. The van der Waals surface area contributed by atoms with E-state index in [-0.39, 0.29) is 0 Å². The molecule has 0 atom stereocenters. The molecule has 0 radical (unpaired) electrons. The summed E-state index contributed by atoms with van der Waals surface area (Å²) in [6.07, 6.45) is 12.8. The standard InChI is InChI=1S/C59H57N3/c1-45-20-34-55(35-21-45)62(56-36-23-46(24-37-56)14-8-4-2-3-5-9-15-47-22-25-50-26-27-51(50)44-47)59-42-40-58(41-43-59)61(54-18-12-7-13-19-54)57-38-30-49(31-39-57)48-28-32-53(33-29-48)60-52-16-10-6-11-17-52/h6-7,10-13,16-25,28-44,60H,2-5,8-9,14-15,26-27H2,1H3. The van der Waals surface area contributed by atoms with Gasteiger partial charge in [0.2, 0.25) is 0 Å². The highest BCUT2D eigenvalue weighted by Gasteiger charge is 2.17. The SMILES string of the molecule is Cc1ccc(N(c2ccc(CCCCCCCCc3ccc4c(c3)CC4)cc2)c2ccc(N(c3ccccc3)c3ccc(-c4ccc(Nc5ccccc5)cc4)cc3)cc2)cc1. The van der Waals surface area contributed by atoms with Crippen molar-refractivity contribution in [3.05, 3.63) is 228 Å². The summed E-state index contributed by atoms with van der Waals surface area (Å²) in [7, 11) is 0. The first-order valence-electron chi connectivity index (χ1n) is 22.7. The monoisotopic (exact) mass is 807 g/mol. The minimum atomic E-state index is 1.07. The van der Waals surface area contributed by atoms with Crippen LogP contribution >= 0.6 is 0 Å². The van der Waals surface area contributed by atoms with E-state index in [4.69, 9.17) is 0 Å². The summed E-state index contributed by atoms with van der Waals surface area (Å²) in [6.45, 7) is 2.15. The smallest absolute Gasteiger partial charge is 0.0463 e. The van der Waals surface area contributed by atoms with Gasteiger partial charge in [-0.3, -0.25) is 0 Å². The second-order valence-corrected chi connectivity index (χ2v) is 16.9. The zero-order chi connectivity index (χ0) is 41.9. The van der Waals surface area contributed by atoms with E-state index in [1.807, 2.05) is 18.2 Å². The van der Waals surface area contributed by atoms with Crippen molar-refractivity contribution in [1.82, 2.24) is 0 Å². The number of para-hydroxylation sites is 2. The number of hydrogen-bond acceptors (Lipinski definition) is 3. The minimum Gasteiger partial charge on any atom is -0.356 e. The molecule has 9 rings (SSSR count). The quantitative estimate of drug-likeness (QED) is 0.0871. The van der Waals surface area contributed by atoms with Gasteiger partial charge in [0, 0.05) is 45.5 Å². The van der Waals surface area contributed by atoms with Crippen LogP contribution in [0.3, 0.4) is 0 Å². The zero-order valence-electron chi connectivity index (χ0n) is 36.0. The van der Waals surface area contributed by atoms with Crippen molar-refractivity contribution >= 4 is 45.5 Å². The fourth-order valence-corrected chi connectivity index (χ4v) is 8.73. The number of benzene rings is 8. The molecule has 0 heterocycles. The zero-order valence-corrected chi connectivity index (χ0v) is 36.0. The fraction of sp³-hybridized carbons (Fsp3) is 0.186. The van der Waals surface area contributed by atoms with E-state index in [2.05, 4.69) is 204 Å². The van der Waals surface area contributed by atoms with Crippen LogP contribution in [0.5, 0.6) is 0 Å². The van der Waals surface area contributed by atoms with E-state index in [1.165, 1.54) is 85.6 Å². The van der Waals surface area contributed by atoms with Gasteiger partial charge in [0.05, 0.1) is 0 Å². The van der Waals surface area contributed by atoms with Crippen LogP contribution in [0.2, 0.25) is 0 Å². The number of nitrogens with one attached hydrogen (secondary N) is 1. The lowest BCUT2D eigenvalue weighted by atomic mass is 9.86. The van der Waals surface area contributed by atoms with Crippen LogP contribution in [0.25, 0.3) is 11.1 Å². The molecule has 0 bridgehead atoms. The molecule has 0 aromatic heterocycles. The van der Waals surface area contributed by atoms with Gasteiger partial charge < -0.3 is 15.1 Å². The predicted molar refractivity (Wildman–Crippen MR) is 265 cm³/mol. The highest BCUT2D eigenvalue weighted by molar-refractivity contribution is 5.82. The maximum absolute atomic E-state index is 3.49. The summed E-state index contributed by atoms with van der Waals surface area (Å²) in [6, 6.07) is 72.7. The van der Waals surface area contributed by atoms with Crippen molar-refractivity contribution < 1.29 is 0 Å². The number of aryl methyl sites for hydroxylation is 5. The normalized spacial score (nSPS) is 11.7. The van der Waals surface area contributed by atoms with Crippen molar-refractivity contribution in [2.45, 2.75) is 71.1 Å². The summed E-state index contributed by atoms with van der Waals surface area (Å²) in [5.41, 5.74) is 18.6. The Hall–Kier alpha value is -6.84. The molecule has 62 heavy (non-hydrogen) atoms. The van der Waals surface area contributed by atoms with Crippen LogP contribution in [0.15, 0.2) is 200 Å². The molecule has 8 aromatic rings. The van der Waals surface area contributed by atoms with Crippen LogP contribution in [-0.4, -0.2) is 0 Å². The summed E-state index contributed by atoms with van der Waals surface area (Å²) in [5, 5.41) is 3.49. The molecular formula is C59H57N3. The summed E-state index contributed by atoms with van der Waals surface area (Å²) in [5.74, 6) is 0. The van der Waals surface area contributed by atoms with Crippen molar-refractivity contribution in [3.63, 3.8) is 0 Å². The van der Waals surface area contributed by atoms with Crippen molar-refractivity contribution in [2.75, 3.05) is 15.1 Å². The van der Waals surface area contributed by atoms with E-state index in [0.29, 0.717) is 0 Å². The van der Waals surface area contributed by atoms with Gasteiger partial charge in [-0.15, -0.1) is 0 Å². The Morgan fingerprint density at radius 1 is 0.355 bits per heavy atom. The maximum atomic E-state index is 3.49. The van der Waals surface area contributed by atoms with Crippen molar-refractivity contribution in [3.8, 4) is 11.1 Å². The number of anilines is 8. The maximum Gasteiger partial charge on any atom is 0.0463 e. The van der Waals surface area contributed by atoms with E-state index in [9.17, 15) is 0 Å². The lowest BCUT2D eigenvalue weighted by Gasteiger charge is -2.28. The Bertz CT molecular complexity index is 2620. The first-order chi connectivity index (χ1) is 30.6. The minimum absolute atomic E-state index is 1.07. The first kappa shape index (κ1) is 40.6. The Morgan fingerprint density at radius 2 is 0.758 bits per heavy atom. The average Bonchev–Trinajstić information content (AvgIpc) is 3.31. The van der Waals surface area contributed by atoms with Crippen LogP contribution in [-0.2, 0) is 25.7 Å². The van der Waals surface area contributed by atoms with Crippen molar-refractivity contribution in [2.24, 2.45) is 0 Å². The molecule has 308 valence electrons. The number of unbranched alkanes of at least 4 members (excludes halogenated alkanes) is 5. The van der Waals surface area contributed by atoms with Gasteiger partial charge in [0.25, 0.3) is 0 Å². The Morgan fingerprint density at radius 3 is 1.29 bits per heavy atom. The highest BCUT2D eigenvalue weighted by Crippen LogP contribution is 2.40. The van der Waals surface area contributed by atoms with Gasteiger partial charge in [-0.25, -0.2) is 0 Å². The lowest BCUT2D eigenvalue weighted by Crippen LogP contribution is -2.12. The number of rotatable bonds is 18. The van der Waals surface area contributed by atoms with Gasteiger partial charge in [0.15, 0.2) is 0 Å². The Labute approximate surface area is 369 Å². The lowest BCUT2D eigenvalue weighted by molar-refractivity contribution is 0.593. The second kappa shape index (κ2) is 19.7. The van der Waals surface area contributed by atoms with Gasteiger partial charge in [-0.1, -0.05) is 134 Å². The molecule has 3 nitrogen and oxygen atoms in total. The van der Waals surface area contributed by atoms with Crippen LogP contribution in [0, 0.1) is 6.92 Å². The molecule has 0 saturated carbocycles. The molecular weight excluding hydrogens is 751 g/mol. The van der Waals surface area contributed by atoms with Crippen molar-refractivity contribution in [1.29, 1.82) is 0 Å². The number of hydrogen-bond donors (Lipinski definition) is 1. The average molecular weight is 808 g/mol. The largest absolute Gasteiger partial charge is 0.356 e. The summed E-state index contributed by atoms with van der Waals surface area (Å²) < 4.78 is 0. The Kier molecular flexibility index (Phi) is 12.9. The molecule has 0 unspecified atom stereocenters. The molecule has 1 N–H and O–H groups in total. The summed E-state index contributed by atoms with van der Waals surface area (Å²) in [4.78, 5) is 4.70. The third-order valence-electron chi connectivity index (χ3n) is 12.4. The number of fused-ring (bicyclic) bond motifs is 1. The van der Waals surface area contributed by atoms with Crippen LogP contribution < -0.4 is 15.1 Å². The van der Waals surface area contributed by atoms with Crippen LogP contribution in [0.4, 0.5) is 45.5 Å². The van der Waals surface area contributed by atoms with Gasteiger partial charge >= 0.3 is 0 Å². The molecule has 0 saturated heterocycles. The van der Waals surface area contributed by atoms with Crippen LogP contribution in [0.1, 0.15) is 66.3 Å². The highest BCUT2D eigenvalue weighted by atomic mass is 15.2. The van der Waals surface area contributed by atoms with E-state index < -0.39 is 0 Å². The van der Waals surface area contributed by atoms with E-state index in [1.54, 1.807) is 11.1 Å². The second-order valence-electron chi connectivity index (χ2n) is 16.9.